The van der Waals surface area contributed by atoms with Crippen molar-refractivity contribution in [2.24, 2.45) is 33.5 Å². The normalized spacial score (nSPS) is 63.4. The van der Waals surface area contributed by atoms with Crippen molar-refractivity contribution in [3.8, 4) is 0 Å². The highest BCUT2D eigenvalue weighted by molar-refractivity contribution is 5.24. The summed E-state index contributed by atoms with van der Waals surface area (Å²) in [5.41, 5.74) is 2.28. The van der Waals surface area contributed by atoms with Gasteiger partial charge in [0.15, 0.2) is 0 Å². The Morgan fingerprint density at radius 2 is 1.57 bits per heavy atom. The fraction of sp³-hybridized carbons (Fsp3) is 1.00. The molecule has 7 atom stereocenters. The molecule has 1 heteroatoms. The Labute approximate surface area is 130 Å². The highest BCUT2D eigenvalue weighted by Gasteiger charge is 2.76. The van der Waals surface area contributed by atoms with Gasteiger partial charge in [0.1, 0.15) is 0 Å². The van der Waals surface area contributed by atoms with Crippen LogP contribution in [0.5, 0.6) is 0 Å². The van der Waals surface area contributed by atoms with Crippen LogP contribution >= 0.6 is 0 Å². The molecule has 1 aliphatic heterocycles. The summed E-state index contributed by atoms with van der Waals surface area (Å²) < 4.78 is 6.26. The lowest BCUT2D eigenvalue weighted by Crippen LogP contribution is -2.58. The second kappa shape index (κ2) is 3.55. The van der Waals surface area contributed by atoms with Crippen LogP contribution < -0.4 is 0 Å². The molecule has 0 aromatic rings. The summed E-state index contributed by atoms with van der Waals surface area (Å²) >= 11 is 0. The van der Waals surface area contributed by atoms with Crippen LogP contribution in [0.2, 0.25) is 0 Å². The molecule has 0 aromatic heterocycles. The van der Waals surface area contributed by atoms with E-state index in [-0.39, 0.29) is 0 Å². The van der Waals surface area contributed by atoms with E-state index >= 15 is 0 Å². The van der Waals surface area contributed by atoms with Crippen LogP contribution in [-0.2, 0) is 4.74 Å². The lowest BCUT2D eigenvalue weighted by Gasteiger charge is -2.65. The molecule has 5 rings (SSSR count). The minimum absolute atomic E-state index is 0.536. The molecule has 1 nitrogen and oxygen atoms in total. The molecule has 5 aliphatic rings. The predicted octanol–water partition coefficient (Wildman–Crippen LogP) is 5.19. The first-order valence-corrected chi connectivity index (χ1v) is 9.47. The molecule has 0 radical (unpaired) electrons. The van der Waals surface area contributed by atoms with Crippen molar-refractivity contribution in [1.29, 1.82) is 0 Å². The smallest absolute Gasteiger partial charge is 0.0906 e. The number of hydrogen-bond acceptors (Lipinski definition) is 1. The zero-order valence-electron chi connectivity index (χ0n) is 14.4. The van der Waals surface area contributed by atoms with Crippen LogP contribution in [0, 0.1) is 33.5 Å². The second-order valence-corrected chi connectivity index (χ2v) is 10.6. The summed E-state index contributed by atoms with van der Waals surface area (Å²) in [6.07, 6.45) is 13.0. The molecule has 21 heavy (non-hydrogen) atoms. The zero-order valence-corrected chi connectivity index (χ0v) is 14.4. The highest BCUT2D eigenvalue weighted by Crippen LogP contribution is 2.77. The Morgan fingerprint density at radius 3 is 2.38 bits per heavy atom. The molecule has 2 bridgehead atoms. The van der Waals surface area contributed by atoms with Gasteiger partial charge in [-0.1, -0.05) is 34.1 Å². The fourth-order valence-corrected chi connectivity index (χ4v) is 8.45. The summed E-state index contributed by atoms with van der Waals surface area (Å²) in [4.78, 5) is 0. The summed E-state index contributed by atoms with van der Waals surface area (Å²) in [5, 5.41) is 0. The van der Waals surface area contributed by atoms with Crippen molar-refractivity contribution in [2.45, 2.75) is 91.3 Å². The largest absolute Gasteiger partial charge is 0.368 e. The maximum atomic E-state index is 6.26. The molecule has 0 amide bonds. The van der Waals surface area contributed by atoms with Crippen LogP contribution in [-0.4, -0.2) is 12.2 Å². The summed E-state index contributed by atoms with van der Waals surface area (Å²) in [5.74, 6) is 1.91. The molecule has 5 fully saturated rings. The van der Waals surface area contributed by atoms with Crippen LogP contribution in [0.25, 0.3) is 0 Å². The van der Waals surface area contributed by atoms with Crippen molar-refractivity contribution in [2.75, 3.05) is 0 Å². The van der Waals surface area contributed by atoms with Crippen molar-refractivity contribution >= 4 is 0 Å². The SMILES string of the molecule is CC1(C)CCCC2(C)C1CCC13CC(C)(CCC21)C1OC13. The Bertz CT molecular complexity index is 496. The van der Waals surface area contributed by atoms with Gasteiger partial charge in [-0.3, -0.25) is 0 Å². The van der Waals surface area contributed by atoms with E-state index in [2.05, 4.69) is 27.7 Å². The van der Waals surface area contributed by atoms with Gasteiger partial charge in [-0.05, 0) is 73.0 Å². The van der Waals surface area contributed by atoms with Crippen LogP contribution in [0.3, 0.4) is 0 Å². The third-order valence-corrected chi connectivity index (χ3v) is 9.15. The first kappa shape index (κ1) is 13.4. The van der Waals surface area contributed by atoms with Crippen molar-refractivity contribution in [3.63, 3.8) is 0 Å². The summed E-state index contributed by atoms with van der Waals surface area (Å²) in [7, 11) is 0. The van der Waals surface area contributed by atoms with E-state index in [9.17, 15) is 0 Å². The highest BCUT2D eigenvalue weighted by atomic mass is 16.6. The molecule has 1 heterocycles. The van der Waals surface area contributed by atoms with Gasteiger partial charge in [0.25, 0.3) is 0 Å². The third-order valence-electron chi connectivity index (χ3n) is 9.15. The summed E-state index contributed by atoms with van der Waals surface area (Å²) in [6, 6.07) is 0. The number of rotatable bonds is 0. The average molecular weight is 288 g/mol. The van der Waals surface area contributed by atoms with Gasteiger partial charge in [-0.2, -0.15) is 0 Å². The van der Waals surface area contributed by atoms with Crippen LogP contribution in [0.15, 0.2) is 0 Å². The molecule has 1 spiro atoms. The lowest BCUT2D eigenvalue weighted by atomic mass is 9.40. The number of hydrogen-bond donors (Lipinski definition) is 0. The van der Waals surface area contributed by atoms with Crippen molar-refractivity contribution < 1.29 is 4.74 Å². The van der Waals surface area contributed by atoms with Gasteiger partial charge < -0.3 is 4.74 Å². The van der Waals surface area contributed by atoms with Gasteiger partial charge in [-0.25, -0.2) is 0 Å². The molecule has 4 aliphatic carbocycles. The molecule has 1 saturated heterocycles. The van der Waals surface area contributed by atoms with Gasteiger partial charge in [0, 0.05) is 5.41 Å². The van der Waals surface area contributed by atoms with Gasteiger partial charge in [0.05, 0.1) is 12.2 Å². The first-order valence-electron chi connectivity index (χ1n) is 9.47. The molecule has 118 valence electrons. The quantitative estimate of drug-likeness (QED) is 0.559. The Kier molecular flexibility index (Phi) is 2.27. The third kappa shape index (κ3) is 1.39. The van der Waals surface area contributed by atoms with E-state index < -0.39 is 0 Å². The number of ether oxygens (including phenoxy) is 1. The van der Waals surface area contributed by atoms with Crippen molar-refractivity contribution in [3.05, 3.63) is 0 Å². The maximum Gasteiger partial charge on any atom is 0.0906 e. The minimum Gasteiger partial charge on any atom is -0.368 e. The van der Waals surface area contributed by atoms with E-state index in [0.29, 0.717) is 33.9 Å². The maximum absolute atomic E-state index is 6.26. The van der Waals surface area contributed by atoms with E-state index in [1.54, 1.807) is 0 Å². The second-order valence-electron chi connectivity index (χ2n) is 10.6. The predicted molar refractivity (Wildman–Crippen MR) is 85.0 cm³/mol. The molecule has 0 aromatic carbocycles. The average Bonchev–Trinajstić information content (AvgIpc) is 3.15. The van der Waals surface area contributed by atoms with Gasteiger partial charge in [0.2, 0.25) is 0 Å². The summed E-state index contributed by atoms with van der Waals surface area (Å²) in [6.45, 7) is 10.3. The molecule has 4 saturated carbocycles. The van der Waals surface area contributed by atoms with Gasteiger partial charge >= 0.3 is 0 Å². The lowest BCUT2D eigenvalue weighted by molar-refractivity contribution is -0.170. The zero-order chi connectivity index (χ0) is 14.7. The fourth-order valence-electron chi connectivity index (χ4n) is 8.45. The molecule has 7 unspecified atom stereocenters. The van der Waals surface area contributed by atoms with E-state index in [1.807, 2.05) is 0 Å². The Balaban J connectivity index is 1.58. The first-order chi connectivity index (χ1) is 9.82. The van der Waals surface area contributed by atoms with Crippen molar-refractivity contribution in [1.82, 2.24) is 0 Å². The minimum atomic E-state index is 0.536. The van der Waals surface area contributed by atoms with E-state index in [0.717, 1.165) is 11.8 Å². The van der Waals surface area contributed by atoms with Gasteiger partial charge in [-0.15, -0.1) is 0 Å². The standard InChI is InChI=1S/C20H32O/c1-17(2)8-5-9-19(4)13(17)7-11-20-12-18(3,10-6-14(19)20)15-16(20)21-15/h13-16H,5-12H2,1-4H3. The molecular formula is C20H32O. The molecule has 0 N–H and O–H groups in total. The monoisotopic (exact) mass is 288 g/mol. The van der Waals surface area contributed by atoms with Crippen LogP contribution in [0.4, 0.5) is 0 Å². The molecular weight excluding hydrogens is 256 g/mol. The van der Waals surface area contributed by atoms with Crippen LogP contribution in [0.1, 0.15) is 79.1 Å². The Morgan fingerprint density at radius 1 is 0.810 bits per heavy atom. The van der Waals surface area contributed by atoms with E-state index in [4.69, 9.17) is 4.74 Å². The van der Waals surface area contributed by atoms with E-state index in [1.165, 1.54) is 51.4 Å². The topological polar surface area (TPSA) is 12.5 Å². The Hall–Kier alpha value is -0.0400. The number of epoxide rings is 1. The number of fused-ring (bicyclic) bond motifs is 5.